The summed E-state index contributed by atoms with van der Waals surface area (Å²) >= 11 is 0. The molecule has 3 aromatic rings. The zero-order valence-electron chi connectivity index (χ0n) is 10.9. The van der Waals surface area contributed by atoms with Gasteiger partial charge in [-0.2, -0.15) is 0 Å². The van der Waals surface area contributed by atoms with Gasteiger partial charge >= 0.3 is 12.4 Å². The van der Waals surface area contributed by atoms with Gasteiger partial charge in [-0.3, -0.25) is 4.79 Å². The van der Waals surface area contributed by atoms with Crippen LogP contribution in [0.25, 0.3) is 22.1 Å². The summed E-state index contributed by atoms with van der Waals surface area (Å²) in [6, 6.07) is 15.5. The summed E-state index contributed by atoms with van der Waals surface area (Å²) in [5, 5.41) is 18.4. The van der Waals surface area contributed by atoms with Gasteiger partial charge in [0.25, 0.3) is 0 Å². The Hall–Kier alpha value is -2.63. The van der Waals surface area contributed by atoms with E-state index in [0.717, 1.165) is 0 Å². The van der Waals surface area contributed by atoms with Gasteiger partial charge in [-0.1, -0.05) is 42.5 Å². The van der Waals surface area contributed by atoms with Crippen LogP contribution in [0.15, 0.2) is 63.8 Å². The molecule has 1 heterocycles. The molecular weight excluding hydrogens is 272 g/mol. The first-order valence-electron chi connectivity index (χ1n) is 6.31. The third-order valence-electron chi connectivity index (χ3n) is 3.04. The van der Waals surface area contributed by atoms with E-state index in [0.29, 0.717) is 16.5 Å². The fourth-order valence-electron chi connectivity index (χ4n) is 2.15. The number of hydrogen-bond donors (Lipinski definition) is 2. The average molecular weight is 284 g/mol. The van der Waals surface area contributed by atoms with E-state index in [-0.39, 0.29) is 16.9 Å². The van der Waals surface area contributed by atoms with E-state index in [2.05, 4.69) is 0 Å². The number of aliphatic hydroxyl groups excluding tert-OH is 1. The van der Waals surface area contributed by atoms with Crippen molar-refractivity contribution in [1.29, 1.82) is 0 Å². The smallest absolute Gasteiger partial charge is 0.313 e. The molecule has 0 unspecified atom stereocenters. The summed E-state index contributed by atoms with van der Waals surface area (Å²) in [4.78, 5) is 12.6. The molecule has 0 aliphatic heterocycles. The molecule has 106 valence electrons. The second kappa shape index (κ2) is 5.40. The topological polar surface area (TPSA) is 79.9 Å². The SMILES string of the molecule is O=c1c(-c2ccccc2)c(OC(O)O)oc2ccccc12. The molecule has 2 N–H and O–H groups in total. The first-order valence-corrected chi connectivity index (χ1v) is 6.31. The van der Waals surface area contributed by atoms with Crippen LogP contribution in [-0.2, 0) is 0 Å². The van der Waals surface area contributed by atoms with Crippen LogP contribution in [0, 0.1) is 0 Å². The Morgan fingerprint density at radius 2 is 1.62 bits per heavy atom. The minimum Gasteiger partial charge on any atom is -0.425 e. The maximum Gasteiger partial charge on any atom is 0.313 e. The molecule has 0 aliphatic rings. The Bertz CT molecular complexity index is 821. The first kappa shape index (κ1) is 13.4. The highest BCUT2D eigenvalue weighted by Crippen LogP contribution is 2.30. The molecule has 0 amide bonds. The van der Waals surface area contributed by atoms with E-state index in [4.69, 9.17) is 19.4 Å². The monoisotopic (exact) mass is 284 g/mol. The summed E-state index contributed by atoms with van der Waals surface area (Å²) in [6.07, 6.45) is 0. The van der Waals surface area contributed by atoms with Crippen molar-refractivity contribution in [2.75, 3.05) is 0 Å². The standard InChI is InChI=1S/C16H12O5/c17-14-11-8-4-5-9-12(11)20-15(21-16(18)19)13(14)10-6-2-1-3-7-10/h1-9,16,18-19H. The minimum atomic E-state index is -2.07. The van der Waals surface area contributed by atoms with Crippen LogP contribution < -0.4 is 10.2 Å². The van der Waals surface area contributed by atoms with Crippen LogP contribution in [-0.4, -0.2) is 16.7 Å². The molecule has 0 aliphatic carbocycles. The molecule has 0 bridgehead atoms. The van der Waals surface area contributed by atoms with Gasteiger partial charge in [-0.15, -0.1) is 0 Å². The van der Waals surface area contributed by atoms with E-state index in [1.807, 2.05) is 6.07 Å². The molecule has 2 aromatic carbocycles. The van der Waals surface area contributed by atoms with Crippen molar-refractivity contribution >= 4 is 11.0 Å². The van der Waals surface area contributed by atoms with E-state index < -0.39 is 6.48 Å². The van der Waals surface area contributed by atoms with E-state index in [1.54, 1.807) is 48.5 Å². The molecule has 5 heteroatoms. The van der Waals surface area contributed by atoms with Crippen molar-refractivity contribution in [3.63, 3.8) is 0 Å². The van der Waals surface area contributed by atoms with Gasteiger partial charge in [0.15, 0.2) is 0 Å². The molecule has 0 spiro atoms. The normalized spacial score (nSPS) is 11.0. The fraction of sp³-hybridized carbons (Fsp3) is 0.0625. The molecule has 0 saturated heterocycles. The van der Waals surface area contributed by atoms with E-state index >= 15 is 0 Å². The Morgan fingerprint density at radius 1 is 0.952 bits per heavy atom. The van der Waals surface area contributed by atoms with Crippen LogP contribution in [0.2, 0.25) is 0 Å². The Balaban J connectivity index is 2.34. The van der Waals surface area contributed by atoms with Gasteiger partial charge in [-0.05, 0) is 17.7 Å². The Kier molecular flexibility index (Phi) is 3.43. The molecule has 0 atom stereocenters. The highest BCUT2D eigenvalue weighted by Gasteiger charge is 2.19. The number of ether oxygens (including phenoxy) is 1. The molecule has 0 saturated carbocycles. The molecule has 3 rings (SSSR count). The Morgan fingerprint density at radius 3 is 2.33 bits per heavy atom. The summed E-state index contributed by atoms with van der Waals surface area (Å²) in [5.41, 5.74) is 0.756. The second-order valence-electron chi connectivity index (χ2n) is 4.40. The molecule has 5 nitrogen and oxygen atoms in total. The number of benzene rings is 2. The lowest BCUT2D eigenvalue weighted by atomic mass is 10.1. The van der Waals surface area contributed by atoms with Crippen LogP contribution >= 0.6 is 0 Å². The highest BCUT2D eigenvalue weighted by molar-refractivity contribution is 5.83. The third-order valence-corrected chi connectivity index (χ3v) is 3.04. The number of aliphatic hydroxyl groups is 2. The Labute approximate surface area is 119 Å². The largest absolute Gasteiger partial charge is 0.425 e. The van der Waals surface area contributed by atoms with Gasteiger partial charge in [0.2, 0.25) is 5.43 Å². The maximum atomic E-state index is 12.6. The van der Waals surface area contributed by atoms with Crippen LogP contribution in [0.1, 0.15) is 0 Å². The van der Waals surface area contributed by atoms with Crippen molar-refractivity contribution in [1.82, 2.24) is 0 Å². The van der Waals surface area contributed by atoms with Crippen molar-refractivity contribution in [2.45, 2.75) is 6.48 Å². The lowest BCUT2D eigenvalue weighted by molar-refractivity contribution is -0.186. The lowest BCUT2D eigenvalue weighted by Gasteiger charge is -2.11. The molecule has 0 fully saturated rings. The van der Waals surface area contributed by atoms with E-state index in [9.17, 15) is 4.79 Å². The van der Waals surface area contributed by atoms with Gasteiger partial charge in [-0.25, -0.2) is 0 Å². The fourth-order valence-corrected chi connectivity index (χ4v) is 2.15. The van der Waals surface area contributed by atoms with Crippen LogP contribution in [0.4, 0.5) is 0 Å². The zero-order chi connectivity index (χ0) is 14.8. The average Bonchev–Trinajstić information content (AvgIpc) is 2.48. The van der Waals surface area contributed by atoms with Crippen molar-refractivity contribution in [3.8, 4) is 17.1 Å². The van der Waals surface area contributed by atoms with Crippen molar-refractivity contribution in [2.24, 2.45) is 0 Å². The summed E-state index contributed by atoms with van der Waals surface area (Å²) in [6.45, 7) is -2.07. The predicted octanol–water partition coefficient (Wildman–Crippen LogP) is 2.11. The second-order valence-corrected chi connectivity index (χ2v) is 4.40. The lowest BCUT2D eigenvalue weighted by Crippen LogP contribution is -2.17. The summed E-state index contributed by atoms with van der Waals surface area (Å²) < 4.78 is 10.3. The highest BCUT2D eigenvalue weighted by atomic mass is 16.8. The predicted molar refractivity (Wildman–Crippen MR) is 76.8 cm³/mol. The molecule has 0 radical (unpaired) electrons. The number of rotatable bonds is 3. The maximum absolute atomic E-state index is 12.6. The zero-order valence-corrected chi connectivity index (χ0v) is 10.9. The summed E-state index contributed by atoms with van der Waals surface area (Å²) in [7, 11) is 0. The number of fused-ring (bicyclic) bond motifs is 1. The van der Waals surface area contributed by atoms with Gasteiger partial charge < -0.3 is 19.4 Å². The van der Waals surface area contributed by atoms with Crippen LogP contribution in [0.5, 0.6) is 5.95 Å². The van der Waals surface area contributed by atoms with Gasteiger partial charge in [0, 0.05) is 0 Å². The first-order chi connectivity index (χ1) is 10.2. The van der Waals surface area contributed by atoms with Crippen molar-refractivity contribution in [3.05, 3.63) is 64.8 Å². The van der Waals surface area contributed by atoms with E-state index in [1.165, 1.54) is 0 Å². The van der Waals surface area contributed by atoms with Gasteiger partial charge in [0.1, 0.15) is 11.1 Å². The number of hydrogen-bond acceptors (Lipinski definition) is 5. The van der Waals surface area contributed by atoms with Crippen LogP contribution in [0.3, 0.4) is 0 Å². The summed E-state index contributed by atoms with van der Waals surface area (Å²) in [5.74, 6) is -0.222. The molecular formula is C16H12O5. The minimum absolute atomic E-state index is 0.155. The third kappa shape index (κ3) is 2.52. The van der Waals surface area contributed by atoms with Gasteiger partial charge in [0.05, 0.1) is 5.39 Å². The van der Waals surface area contributed by atoms with Crippen molar-refractivity contribution < 1.29 is 19.4 Å². The molecule has 21 heavy (non-hydrogen) atoms. The molecule has 1 aromatic heterocycles. The number of para-hydroxylation sites is 1. The quantitative estimate of drug-likeness (QED) is 0.720.